The van der Waals surface area contributed by atoms with Crippen molar-refractivity contribution in [2.24, 2.45) is 0 Å². The molecule has 6 heteroatoms. The third kappa shape index (κ3) is 5.31. The van der Waals surface area contributed by atoms with E-state index in [-0.39, 0.29) is 6.61 Å². The van der Waals surface area contributed by atoms with E-state index >= 15 is 0 Å². The van der Waals surface area contributed by atoms with Crippen LogP contribution in [0, 0.1) is 0 Å². The summed E-state index contributed by atoms with van der Waals surface area (Å²) in [5, 5.41) is 7.79. The molecule has 0 radical (unpaired) electrons. The van der Waals surface area contributed by atoms with Crippen LogP contribution >= 0.6 is 0 Å². The van der Waals surface area contributed by atoms with Gasteiger partial charge in [0.25, 0.3) is 0 Å². The zero-order chi connectivity index (χ0) is 11.0. The molecule has 0 heterocycles. The number of hydrogen-bond donors (Lipinski definition) is 1. The average Bonchev–Trinajstić information content (AvgIpc) is 2.13. The molecule has 0 aliphatic rings. The Morgan fingerprint density at radius 2 is 2.07 bits per heavy atom. The molecule has 0 fully saturated rings. The second-order valence-electron chi connectivity index (χ2n) is 2.71. The Labute approximate surface area is 85.9 Å². The molecule has 0 aliphatic heterocycles. The first-order valence-electron chi connectivity index (χ1n) is 4.21. The lowest BCUT2D eigenvalue weighted by Gasteiger charge is -2.10. The molecule has 0 saturated carbocycles. The summed E-state index contributed by atoms with van der Waals surface area (Å²) in [5.74, 6) is -0.753. The summed E-state index contributed by atoms with van der Waals surface area (Å²) >= 11 is 0. The number of carboxylic acid groups (broad SMARTS) is 1. The highest BCUT2D eigenvalue weighted by Crippen LogP contribution is 2.00. The number of aliphatic carboxylic acids is 1. The van der Waals surface area contributed by atoms with Crippen molar-refractivity contribution in [3.8, 4) is 0 Å². The van der Waals surface area contributed by atoms with Crippen LogP contribution in [0.15, 0.2) is 0 Å². The molecule has 5 nitrogen and oxygen atoms in total. The number of hydrogen-bond acceptors (Lipinski definition) is 4. The fourth-order valence-electron chi connectivity index (χ4n) is 0.899. The van der Waals surface area contributed by atoms with Crippen LogP contribution < -0.4 is 0 Å². The Hall–Kier alpha value is -0.460. The van der Waals surface area contributed by atoms with Gasteiger partial charge in [0.15, 0.2) is 5.25 Å². The first-order valence-corrected chi connectivity index (χ1v) is 5.59. The van der Waals surface area contributed by atoms with Crippen LogP contribution in [-0.4, -0.2) is 53.7 Å². The maximum absolute atomic E-state index is 11.4. The molecule has 0 aromatic heterocycles. The molecule has 2 unspecified atom stereocenters. The predicted molar refractivity (Wildman–Crippen MR) is 52.8 cm³/mol. The van der Waals surface area contributed by atoms with Crippen LogP contribution in [0.4, 0.5) is 0 Å². The number of carbonyl (C=O) groups is 1. The summed E-state index contributed by atoms with van der Waals surface area (Å²) in [5.41, 5.74) is 0. The number of methoxy groups -OCH3 is 2. The maximum Gasteiger partial charge on any atom is 0.321 e. The highest BCUT2D eigenvalue weighted by Gasteiger charge is 2.23. The van der Waals surface area contributed by atoms with Gasteiger partial charge in [-0.25, -0.2) is 0 Å². The summed E-state index contributed by atoms with van der Waals surface area (Å²) in [7, 11) is 1.55. The highest BCUT2D eigenvalue weighted by molar-refractivity contribution is 7.86. The van der Waals surface area contributed by atoms with E-state index in [1.807, 2.05) is 0 Å². The Balaban J connectivity index is 3.96. The van der Waals surface area contributed by atoms with Crippen molar-refractivity contribution in [1.82, 2.24) is 0 Å². The SMILES string of the molecule is COCCCS(=O)C(COC)C(=O)O. The van der Waals surface area contributed by atoms with E-state index in [9.17, 15) is 9.00 Å². The molecule has 0 bridgehead atoms. The second kappa shape index (κ2) is 7.90. The predicted octanol–water partition coefficient (Wildman–Crippen LogP) is -0.129. The minimum atomic E-state index is -1.39. The summed E-state index contributed by atoms with van der Waals surface area (Å²) in [6.07, 6.45) is 0.594. The van der Waals surface area contributed by atoms with E-state index < -0.39 is 22.0 Å². The Morgan fingerprint density at radius 3 is 2.50 bits per heavy atom. The van der Waals surface area contributed by atoms with Crippen molar-refractivity contribution >= 4 is 16.8 Å². The van der Waals surface area contributed by atoms with E-state index in [1.165, 1.54) is 7.11 Å². The van der Waals surface area contributed by atoms with Crippen LogP contribution in [-0.2, 0) is 25.1 Å². The molecule has 0 aromatic carbocycles. The van der Waals surface area contributed by atoms with Crippen LogP contribution in [0.5, 0.6) is 0 Å². The maximum atomic E-state index is 11.4. The molecular formula is C8H16O5S. The van der Waals surface area contributed by atoms with Crippen LogP contribution in [0.2, 0.25) is 0 Å². The summed E-state index contributed by atoms with van der Waals surface area (Å²) in [6, 6.07) is 0. The Bertz CT molecular complexity index is 194. The third-order valence-corrected chi connectivity index (χ3v) is 3.27. The van der Waals surface area contributed by atoms with Crippen molar-refractivity contribution in [1.29, 1.82) is 0 Å². The van der Waals surface area contributed by atoms with Crippen LogP contribution in [0.3, 0.4) is 0 Å². The Kier molecular flexibility index (Phi) is 7.64. The lowest BCUT2D eigenvalue weighted by Crippen LogP contribution is -2.31. The summed E-state index contributed by atoms with van der Waals surface area (Å²) in [6.45, 7) is 0.472. The van der Waals surface area contributed by atoms with Crippen molar-refractivity contribution in [2.45, 2.75) is 11.7 Å². The minimum Gasteiger partial charge on any atom is -0.480 e. The molecule has 2 atom stereocenters. The smallest absolute Gasteiger partial charge is 0.321 e. The molecule has 0 rings (SSSR count). The van der Waals surface area contributed by atoms with Gasteiger partial charge >= 0.3 is 5.97 Å². The quantitative estimate of drug-likeness (QED) is 0.581. The van der Waals surface area contributed by atoms with Crippen molar-refractivity contribution in [2.75, 3.05) is 33.2 Å². The second-order valence-corrected chi connectivity index (χ2v) is 4.45. The van der Waals surface area contributed by atoms with Gasteiger partial charge in [0.2, 0.25) is 0 Å². The van der Waals surface area contributed by atoms with E-state index in [4.69, 9.17) is 9.84 Å². The molecule has 1 N–H and O–H groups in total. The number of carboxylic acids is 1. The van der Waals surface area contributed by atoms with Gasteiger partial charge < -0.3 is 14.6 Å². The number of ether oxygens (including phenoxy) is 2. The number of rotatable bonds is 8. The fraction of sp³-hybridized carbons (Fsp3) is 0.875. The fourth-order valence-corrected chi connectivity index (χ4v) is 2.10. The van der Waals surface area contributed by atoms with Gasteiger partial charge in [-0.3, -0.25) is 9.00 Å². The zero-order valence-electron chi connectivity index (χ0n) is 8.39. The van der Waals surface area contributed by atoms with E-state index in [0.717, 1.165) is 0 Å². The zero-order valence-corrected chi connectivity index (χ0v) is 9.21. The Morgan fingerprint density at radius 1 is 1.43 bits per heavy atom. The van der Waals surface area contributed by atoms with E-state index in [1.54, 1.807) is 7.11 Å². The lowest BCUT2D eigenvalue weighted by molar-refractivity contribution is -0.137. The topological polar surface area (TPSA) is 72.8 Å². The normalized spacial score (nSPS) is 15.0. The molecule has 0 saturated heterocycles. The molecule has 0 amide bonds. The highest BCUT2D eigenvalue weighted by atomic mass is 32.2. The molecule has 0 spiro atoms. The van der Waals surface area contributed by atoms with Gasteiger partial charge in [-0.15, -0.1) is 0 Å². The third-order valence-electron chi connectivity index (χ3n) is 1.60. The van der Waals surface area contributed by atoms with Gasteiger partial charge in [0, 0.05) is 37.4 Å². The molecule has 0 aromatic rings. The van der Waals surface area contributed by atoms with E-state index in [2.05, 4.69) is 4.74 Å². The lowest BCUT2D eigenvalue weighted by atomic mass is 10.4. The van der Waals surface area contributed by atoms with Gasteiger partial charge in [-0.05, 0) is 6.42 Å². The van der Waals surface area contributed by atoms with Gasteiger partial charge in [0.1, 0.15) is 0 Å². The van der Waals surface area contributed by atoms with E-state index in [0.29, 0.717) is 18.8 Å². The van der Waals surface area contributed by atoms with Crippen molar-refractivity contribution in [3.05, 3.63) is 0 Å². The standard InChI is InChI=1S/C8H16O5S/c1-12-4-3-5-14(11)7(6-13-2)8(9)10/h7H,3-6H2,1-2H3,(H,9,10). The van der Waals surface area contributed by atoms with Crippen LogP contribution in [0.25, 0.3) is 0 Å². The summed E-state index contributed by atoms with van der Waals surface area (Å²) in [4.78, 5) is 10.7. The summed E-state index contributed by atoms with van der Waals surface area (Å²) < 4.78 is 20.9. The monoisotopic (exact) mass is 224 g/mol. The largest absolute Gasteiger partial charge is 0.480 e. The van der Waals surface area contributed by atoms with Gasteiger partial charge in [-0.2, -0.15) is 0 Å². The minimum absolute atomic E-state index is 0.0189. The molecule has 0 aliphatic carbocycles. The molecular weight excluding hydrogens is 208 g/mol. The van der Waals surface area contributed by atoms with Crippen molar-refractivity contribution < 1.29 is 23.6 Å². The van der Waals surface area contributed by atoms with Crippen molar-refractivity contribution in [3.63, 3.8) is 0 Å². The molecule has 14 heavy (non-hydrogen) atoms. The first-order chi connectivity index (χ1) is 6.63. The first kappa shape index (κ1) is 13.5. The van der Waals surface area contributed by atoms with Gasteiger partial charge in [-0.1, -0.05) is 0 Å². The average molecular weight is 224 g/mol. The van der Waals surface area contributed by atoms with Gasteiger partial charge in [0.05, 0.1) is 6.61 Å². The van der Waals surface area contributed by atoms with Crippen LogP contribution in [0.1, 0.15) is 6.42 Å². The molecule has 84 valence electrons.